The van der Waals surface area contributed by atoms with E-state index in [0.717, 1.165) is 31.7 Å². The first-order valence-electron chi connectivity index (χ1n) is 9.46. The van der Waals surface area contributed by atoms with E-state index in [9.17, 15) is 13.2 Å². The number of rotatable bonds is 5. The van der Waals surface area contributed by atoms with E-state index >= 15 is 0 Å². The van der Waals surface area contributed by atoms with Crippen molar-refractivity contribution in [2.24, 2.45) is 10.9 Å². The summed E-state index contributed by atoms with van der Waals surface area (Å²) in [6, 6.07) is 3.84. The topological polar surface area (TPSA) is 55.8 Å². The summed E-state index contributed by atoms with van der Waals surface area (Å²) in [5, 5.41) is 7.28. The second-order valence-electron chi connectivity index (χ2n) is 7.34. The fourth-order valence-corrected chi connectivity index (χ4v) is 4.03. The van der Waals surface area contributed by atoms with Gasteiger partial charge in [0.05, 0.1) is 11.6 Å². The lowest BCUT2D eigenvalue weighted by atomic mass is 10.1. The molecule has 156 valence electrons. The third-order valence-corrected chi connectivity index (χ3v) is 5.42. The van der Waals surface area contributed by atoms with Crippen molar-refractivity contribution in [1.29, 1.82) is 0 Å². The van der Waals surface area contributed by atoms with Crippen LogP contribution in [-0.2, 0) is 0 Å². The number of pyridine rings is 1. The van der Waals surface area contributed by atoms with Crippen LogP contribution in [0, 0.1) is 5.92 Å². The van der Waals surface area contributed by atoms with Crippen molar-refractivity contribution in [3.63, 3.8) is 0 Å². The van der Waals surface area contributed by atoms with Crippen LogP contribution in [-0.4, -0.2) is 74.4 Å². The number of aliphatic imine (C=N–C) groups is 1. The molecule has 2 atom stereocenters. The first kappa shape index (κ1) is 21.0. The molecule has 2 N–H and O–H groups in total. The third-order valence-electron chi connectivity index (χ3n) is 5.12. The lowest BCUT2D eigenvalue weighted by molar-refractivity contribution is -0.143. The second-order valence-corrected chi connectivity index (χ2v) is 7.75. The SMILES string of the molecule is CN=C(NCC1CCN(CC(F)(F)F)C1)NC1CCN(c2ncccc2Cl)C1. The molecule has 28 heavy (non-hydrogen) atoms. The van der Waals surface area contributed by atoms with Crippen LogP contribution >= 0.6 is 11.6 Å². The average Bonchev–Trinajstić information content (AvgIpc) is 3.27. The fraction of sp³-hybridized carbons (Fsp3) is 0.667. The first-order valence-corrected chi connectivity index (χ1v) is 9.83. The Labute approximate surface area is 168 Å². The number of nitrogens with one attached hydrogen (secondary N) is 2. The molecule has 1 aromatic rings. The average molecular weight is 419 g/mol. The summed E-state index contributed by atoms with van der Waals surface area (Å²) < 4.78 is 37.5. The molecule has 2 saturated heterocycles. The van der Waals surface area contributed by atoms with Crippen molar-refractivity contribution in [2.45, 2.75) is 25.1 Å². The van der Waals surface area contributed by atoms with Crippen molar-refractivity contribution in [3.05, 3.63) is 23.4 Å². The van der Waals surface area contributed by atoms with Gasteiger partial charge in [0.25, 0.3) is 0 Å². The molecule has 2 aliphatic rings. The molecule has 0 radical (unpaired) electrons. The zero-order chi connectivity index (χ0) is 20.1. The van der Waals surface area contributed by atoms with Gasteiger partial charge < -0.3 is 15.5 Å². The van der Waals surface area contributed by atoms with Crippen LogP contribution in [0.2, 0.25) is 5.02 Å². The monoisotopic (exact) mass is 418 g/mol. The Morgan fingerprint density at radius 3 is 2.86 bits per heavy atom. The Kier molecular flexibility index (Phi) is 6.87. The summed E-state index contributed by atoms with van der Waals surface area (Å²) in [6.45, 7) is 2.33. The Morgan fingerprint density at radius 2 is 2.14 bits per heavy atom. The number of alkyl halides is 3. The first-order chi connectivity index (χ1) is 13.3. The predicted molar refractivity (Wildman–Crippen MR) is 105 cm³/mol. The highest BCUT2D eigenvalue weighted by Crippen LogP contribution is 2.26. The molecule has 3 heterocycles. The predicted octanol–water partition coefficient (Wildman–Crippen LogP) is 2.36. The van der Waals surface area contributed by atoms with Crippen LogP contribution in [0.1, 0.15) is 12.8 Å². The zero-order valence-corrected chi connectivity index (χ0v) is 16.6. The second kappa shape index (κ2) is 9.17. The molecular weight excluding hydrogens is 393 g/mol. The molecule has 0 bridgehead atoms. The van der Waals surface area contributed by atoms with Crippen molar-refractivity contribution in [1.82, 2.24) is 20.5 Å². The van der Waals surface area contributed by atoms with Gasteiger partial charge in [-0.3, -0.25) is 9.89 Å². The molecule has 2 fully saturated rings. The van der Waals surface area contributed by atoms with E-state index in [1.54, 1.807) is 13.2 Å². The highest BCUT2D eigenvalue weighted by atomic mass is 35.5. The van der Waals surface area contributed by atoms with Gasteiger partial charge in [0.15, 0.2) is 5.96 Å². The fourth-order valence-electron chi connectivity index (χ4n) is 3.79. The quantitative estimate of drug-likeness (QED) is 0.568. The van der Waals surface area contributed by atoms with Crippen LogP contribution in [0.3, 0.4) is 0 Å². The van der Waals surface area contributed by atoms with E-state index in [1.165, 1.54) is 4.90 Å². The lowest BCUT2D eigenvalue weighted by Crippen LogP contribution is -2.46. The van der Waals surface area contributed by atoms with Crippen LogP contribution in [0.15, 0.2) is 23.3 Å². The van der Waals surface area contributed by atoms with Crippen molar-refractivity contribution < 1.29 is 13.2 Å². The van der Waals surface area contributed by atoms with Gasteiger partial charge in [-0.2, -0.15) is 13.2 Å². The van der Waals surface area contributed by atoms with Gasteiger partial charge in [0, 0.05) is 45.5 Å². The largest absolute Gasteiger partial charge is 0.401 e. The molecule has 2 unspecified atom stereocenters. The number of nitrogens with zero attached hydrogens (tertiary/aromatic N) is 4. The molecule has 1 aromatic heterocycles. The summed E-state index contributed by atoms with van der Waals surface area (Å²) in [5.41, 5.74) is 0. The Balaban J connectivity index is 1.43. The van der Waals surface area contributed by atoms with Gasteiger partial charge in [-0.25, -0.2) is 4.98 Å². The lowest BCUT2D eigenvalue weighted by Gasteiger charge is -2.21. The van der Waals surface area contributed by atoms with Gasteiger partial charge in [0.1, 0.15) is 5.82 Å². The number of hydrogen-bond acceptors (Lipinski definition) is 4. The summed E-state index contributed by atoms with van der Waals surface area (Å²) in [5.74, 6) is 1.65. The molecule has 0 amide bonds. The molecule has 3 rings (SSSR count). The molecule has 10 heteroatoms. The standard InChI is InChI=1S/C18H26ClF3N6/c1-23-17(25-9-13-4-7-27(10-13)12-18(20,21)22)26-14-5-8-28(11-14)16-15(19)3-2-6-24-16/h2-3,6,13-14H,4-5,7-12H2,1H3,(H2,23,25,26). The van der Waals surface area contributed by atoms with Gasteiger partial charge in [-0.1, -0.05) is 11.6 Å². The Bertz CT molecular complexity index is 684. The number of hydrogen-bond donors (Lipinski definition) is 2. The maximum Gasteiger partial charge on any atom is 0.401 e. The van der Waals surface area contributed by atoms with Crippen LogP contribution in [0.5, 0.6) is 0 Å². The van der Waals surface area contributed by atoms with E-state index in [4.69, 9.17) is 11.6 Å². The maximum atomic E-state index is 12.5. The Morgan fingerprint density at radius 1 is 1.32 bits per heavy atom. The van der Waals surface area contributed by atoms with Crippen molar-refractivity contribution in [2.75, 3.05) is 51.2 Å². The number of anilines is 1. The van der Waals surface area contributed by atoms with Gasteiger partial charge >= 0.3 is 6.18 Å². The Hall–Kier alpha value is -1.74. The molecule has 6 nitrogen and oxygen atoms in total. The number of likely N-dealkylation sites (tertiary alicyclic amines) is 1. The van der Waals surface area contributed by atoms with E-state index < -0.39 is 12.7 Å². The van der Waals surface area contributed by atoms with Crippen molar-refractivity contribution >= 4 is 23.4 Å². The molecule has 0 saturated carbocycles. The van der Waals surface area contributed by atoms with Gasteiger partial charge in [0.2, 0.25) is 0 Å². The van der Waals surface area contributed by atoms with Gasteiger partial charge in [-0.15, -0.1) is 0 Å². The third kappa shape index (κ3) is 5.88. The minimum atomic E-state index is -4.13. The summed E-state index contributed by atoms with van der Waals surface area (Å²) >= 11 is 6.22. The van der Waals surface area contributed by atoms with E-state index in [1.807, 2.05) is 12.1 Å². The van der Waals surface area contributed by atoms with Crippen LogP contribution in [0.4, 0.5) is 19.0 Å². The molecule has 0 aliphatic carbocycles. The molecule has 0 spiro atoms. The molecular formula is C18H26ClF3N6. The normalized spacial score (nSPS) is 24.0. The smallest absolute Gasteiger partial charge is 0.356 e. The minimum Gasteiger partial charge on any atom is -0.356 e. The van der Waals surface area contributed by atoms with E-state index in [-0.39, 0.29) is 12.0 Å². The van der Waals surface area contributed by atoms with Crippen LogP contribution < -0.4 is 15.5 Å². The van der Waals surface area contributed by atoms with E-state index in [0.29, 0.717) is 30.6 Å². The van der Waals surface area contributed by atoms with Crippen molar-refractivity contribution in [3.8, 4) is 0 Å². The highest BCUT2D eigenvalue weighted by Gasteiger charge is 2.34. The number of halogens is 4. The summed E-state index contributed by atoms with van der Waals surface area (Å²) in [4.78, 5) is 12.2. The van der Waals surface area contributed by atoms with Gasteiger partial charge in [-0.05, 0) is 37.4 Å². The molecule has 2 aliphatic heterocycles. The molecule has 0 aromatic carbocycles. The number of guanidine groups is 1. The highest BCUT2D eigenvalue weighted by molar-refractivity contribution is 6.32. The summed E-state index contributed by atoms with van der Waals surface area (Å²) in [6.07, 6.45) is -0.719. The number of aromatic nitrogens is 1. The van der Waals surface area contributed by atoms with E-state index in [2.05, 4.69) is 25.5 Å². The minimum absolute atomic E-state index is 0.188. The van der Waals surface area contributed by atoms with Crippen LogP contribution in [0.25, 0.3) is 0 Å². The maximum absolute atomic E-state index is 12.5. The zero-order valence-electron chi connectivity index (χ0n) is 15.8. The summed E-state index contributed by atoms with van der Waals surface area (Å²) in [7, 11) is 1.70.